The number of anilines is 1. The van der Waals surface area contributed by atoms with Gasteiger partial charge in [0.15, 0.2) is 23.2 Å². The van der Waals surface area contributed by atoms with Gasteiger partial charge in [0, 0.05) is 18.5 Å². The van der Waals surface area contributed by atoms with Crippen molar-refractivity contribution in [2.45, 2.75) is 45.2 Å². The summed E-state index contributed by atoms with van der Waals surface area (Å²) in [7, 11) is 0. The number of carbonyl (C=O) groups excluding carboxylic acids is 5. The average Bonchev–Trinajstić information content (AvgIpc) is 3.35. The van der Waals surface area contributed by atoms with Crippen molar-refractivity contribution in [3.8, 4) is 5.75 Å². The second-order valence-corrected chi connectivity index (χ2v) is 10.6. The van der Waals surface area contributed by atoms with Crippen LogP contribution in [-0.2, 0) is 24.0 Å². The topological polar surface area (TPSA) is 143 Å². The van der Waals surface area contributed by atoms with Crippen LogP contribution >= 0.6 is 11.6 Å². The van der Waals surface area contributed by atoms with Crippen molar-refractivity contribution in [2.75, 3.05) is 18.5 Å². The number of Topliss-reactive ketones (excluding diaryl/α,β-unsaturated/α-hetero) is 1. The van der Waals surface area contributed by atoms with E-state index in [0.717, 1.165) is 0 Å². The van der Waals surface area contributed by atoms with Crippen LogP contribution in [0, 0.1) is 35.1 Å². The Morgan fingerprint density at radius 1 is 1.00 bits per heavy atom. The highest BCUT2D eigenvalue weighted by Crippen LogP contribution is 2.27. The number of halogens is 5. The normalized spacial score (nSPS) is 15.8. The fraction of sp³-hybridized carbons (Fsp3) is 0.393. The summed E-state index contributed by atoms with van der Waals surface area (Å²) < 4.78 is 60.0. The number of carbonyl (C=O) groups is 5. The summed E-state index contributed by atoms with van der Waals surface area (Å²) in [5.74, 6) is -14.2. The molecule has 15 heteroatoms. The van der Waals surface area contributed by atoms with E-state index in [1.807, 2.05) is 0 Å². The number of ketones is 1. The van der Waals surface area contributed by atoms with Gasteiger partial charge in [0.25, 0.3) is 0 Å². The molecule has 10 nitrogen and oxygen atoms in total. The van der Waals surface area contributed by atoms with Crippen LogP contribution in [0.5, 0.6) is 5.75 Å². The molecule has 1 heterocycles. The molecule has 4 amide bonds. The fourth-order valence-electron chi connectivity index (χ4n) is 4.29. The number of amides is 4. The molecule has 0 unspecified atom stereocenters. The van der Waals surface area contributed by atoms with Gasteiger partial charge in [0.2, 0.25) is 23.4 Å². The molecule has 1 fully saturated rings. The Labute approximate surface area is 248 Å². The lowest BCUT2D eigenvalue weighted by molar-refractivity contribution is -0.138. The zero-order valence-corrected chi connectivity index (χ0v) is 23.8. The molecule has 1 aliphatic rings. The first-order valence-electron chi connectivity index (χ1n) is 13.2. The first kappa shape index (κ1) is 33.3. The summed E-state index contributed by atoms with van der Waals surface area (Å²) in [6.45, 7) is 2.64. The minimum absolute atomic E-state index is 0.0251. The Morgan fingerprint density at radius 3 is 2.23 bits per heavy atom. The molecule has 0 spiro atoms. The Bertz CT molecular complexity index is 1380. The predicted octanol–water partition coefficient (Wildman–Crippen LogP) is 3.02. The molecule has 0 radical (unpaired) electrons. The minimum Gasteiger partial charge on any atom is -0.479 e. The third-order valence-corrected chi connectivity index (χ3v) is 6.81. The van der Waals surface area contributed by atoms with Crippen molar-refractivity contribution in [3.05, 3.63) is 58.6 Å². The molecule has 2 aromatic rings. The number of nitrogens with one attached hydrogen (secondary N) is 4. The van der Waals surface area contributed by atoms with Crippen molar-refractivity contribution in [1.29, 1.82) is 0 Å². The molecule has 3 atom stereocenters. The van der Waals surface area contributed by atoms with Gasteiger partial charge < -0.3 is 26.0 Å². The van der Waals surface area contributed by atoms with E-state index < -0.39 is 83.0 Å². The van der Waals surface area contributed by atoms with E-state index in [0.29, 0.717) is 13.0 Å². The van der Waals surface area contributed by atoms with E-state index in [1.165, 1.54) is 12.1 Å². The van der Waals surface area contributed by atoms with Gasteiger partial charge in [-0.15, -0.1) is 0 Å². The smallest absolute Gasteiger partial charge is 0.313 e. The average molecular weight is 629 g/mol. The number of rotatable bonds is 12. The van der Waals surface area contributed by atoms with Crippen LogP contribution in [0.2, 0.25) is 5.02 Å². The highest BCUT2D eigenvalue weighted by molar-refractivity contribution is 6.41. The molecule has 0 saturated carbocycles. The van der Waals surface area contributed by atoms with Crippen LogP contribution in [0.15, 0.2) is 30.3 Å². The maximum Gasteiger partial charge on any atom is 0.313 e. The molecule has 0 aliphatic carbocycles. The van der Waals surface area contributed by atoms with E-state index in [2.05, 4.69) is 21.3 Å². The van der Waals surface area contributed by atoms with Gasteiger partial charge in [0.1, 0.15) is 12.6 Å². The third kappa shape index (κ3) is 8.89. The largest absolute Gasteiger partial charge is 0.479 e. The first-order valence-corrected chi connectivity index (χ1v) is 13.6. The van der Waals surface area contributed by atoms with Crippen LogP contribution in [0.4, 0.5) is 23.2 Å². The molecule has 0 aromatic heterocycles. The van der Waals surface area contributed by atoms with Crippen molar-refractivity contribution >= 4 is 46.7 Å². The maximum absolute atomic E-state index is 14.0. The monoisotopic (exact) mass is 628 g/mol. The SMILES string of the molecule is CC(C)C[C@H](NC(=O)C(=O)Nc1ccccc1Cl)C(=O)N[C@@H](C[C@@H]1CCNC1=O)C(=O)COc1c(F)c(F)cc(F)c1F. The second-order valence-electron chi connectivity index (χ2n) is 10.2. The van der Waals surface area contributed by atoms with Crippen molar-refractivity contribution in [3.63, 3.8) is 0 Å². The number of ether oxygens (including phenoxy) is 1. The van der Waals surface area contributed by atoms with Crippen LogP contribution in [0.1, 0.15) is 33.1 Å². The molecule has 1 aliphatic heterocycles. The second kappa shape index (κ2) is 14.8. The van der Waals surface area contributed by atoms with E-state index in [1.54, 1.807) is 26.0 Å². The van der Waals surface area contributed by atoms with Gasteiger partial charge in [0.05, 0.1) is 16.8 Å². The third-order valence-electron chi connectivity index (χ3n) is 6.48. The van der Waals surface area contributed by atoms with Gasteiger partial charge >= 0.3 is 11.8 Å². The quantitative estimate of drug-likeness (QED) is 0.162. The van der Waals surface area contributed by atoms with Crippen molar-refractivity contribution in [1.82, 2.24) is 16.0 Å². The number of para-hydroxylation sites is 1. The summed E-state index contributed by atoms with van der Waals surface area (Å²) in [6, 6.07) is 3.30. The van der Waals surface area contributed by atoms with Crippen LogP contribution in [-0.4, -0.2) is 54.6 Å². The molecule has 43 heavy (non-hydrogen) atoms. The minimum atomic E-state index is -1.86. The van der Waals surface area contributed by atoms with Crippen LogP contribution in [0.25, 0.3) is 0 Å². The molecular formula is C28H29ClF4N4O6. The zero-order valence-electron chi connectivity index (χ0n) is 23.1. The molecule has 0 bridgehead atoms. The van der Waals surface area contributed by atoms with Gasteiger partial charge in [-0.05, 0) is 37.3 Å². The maximum atomic E-state index is 14.0. The number of benzene rings is 2. The van der Waals surface area contributed by atoms with Crippen molar-refractivity contribution in [2.24, 2.45) is 11.8 Å². The highest BCUT2D eigenvalue weighted by Gasteiger charge is 2.34. The number of hydrogen-bond acceptors (Lipinski definition) is 6. The van der Waals surface area contributed by atoms with Crippen LogP contribution < -0.4 is 26.0 Å². The van der Waals surface area contributed by atoms with Crippen molar-refractivity contribution < 1.29 is 46.3 Å². The van der Waals surface area contributed by atoms with Crippen LogP contribution in [0.3, 0.4) is 0 Å². The standard InChI is InChI=1S/C28H29ClF4N4O6/c1-13(2)9-20(37-28(42)27(41)35-18-6-4-3-5-15(18)29)26(40)36-19(10-14-7-8-34-25(14)39)21(38)12-43-24-22(32)16(30)11-17(31)23(24)33/h3-6,11,13-14,19-20H,7-10,12H2,1-2H3,(H,34,39)(H,35,41)(H,36,40)(H,37,42)/t14-,19-,20-/m0/s1. The predicted molar refractivity (Wildman–Crippen MR) is 146 cm³/mol. The van der Waals surface area contributed by atoms with Gasteiger partial charge in [-0.3, -0.25) is 24.0 Å². The van der Waals surface area contributed by atoms with Gasteiger partial charge in [-0.2, -0.15) is 8.78 Å². The molecule has 3 rings (SSSR count). The van der Waals surface area contributed by atoms with E-state index >= 15 is 0 Å². The van der Waals surface area contributed by atoms with E-state index in [9.17, 15) is 41.5 Å². The number of hydrogen-bond donors (Lipinski definition) is 4. The lowest BCUT2D eigenvalue weighted by atomic mass is 9.95. The summed E-state index contributed by atoms with van der Waals surface area (Å²) in [5, 5.41) is 9.79. The summed E-state index contributed by atoms with van der Waals surface area (Å²) >= 11 is 6.00. The summed E-state index contributed by atoms with van der Waals surface area (Å²) in [4.78, 5) is 63.7. The lowest BCUT2D eigenvalue weighted by Gasteiger charge is -2.25. The zero-order chi connectivity index (χ0) is 31.8. The molecular weight excluding hydrogens is 600 g/mol. The molecule has 232 valence electrons. The molecule has 1 saturated heterocycles. The Hall–Kier alpha value is -4.20. The van der Waals surface area contributed by atoms with E-state index in [4.69, 9.17) is 16.3 Å². The van der Waals surface area contributed by atoms with Gasteiger partial charge in [-0.25, -0.2) is 8.78 Å². The van der Waals surface area contributed by atoms with E-state index in [-0.39, 0.29) is 35.5 Å². The summed E-state index contributed by atoms with van der Waals surface area (Å²) in [5.41, 5.74) is 0.153. The Morgan fingerprint density at radius 2 is 1.65 bits per heavy atom. The molecule has 2 aromatic carbocycles. The highest BCUT2D eigenvalue weighted by atomic mass is 35.5. The molecule has 4 N–H and O–H groups in total. The first-order chi connectivity index (χ1) is 20.3. The Balaban J connectivity index is 1.76. The summed E-state index contributed by atoms with van der Waals surface area (Å²) in [6.07, 6.45) is 0.0842. The van der Waals surface area contributed by atoms with Gasteiger partial charge in [-0.1, -0.05) is 37.6 Å². The lowest BCUT2D eigenvalue weighted by Crippen LogP contribution is -2.54. The fourth-order valence-corrected chi connectivity index (χ4v) is 4.47. The Kier molecular flexibility index (Phi) is 11.5.